The number of aliphatic hydroxyl groups is 1. The molecule has 2 unspecified atom stereocenters. The first-order valence-corrected chi connectivity index (χ1v) is 8.47. The molecule has 2 atom stereocenters. The predicted octanol–water partition coefficient (Wildman–Crippen LogP) is 1.84. The summed E-state index contributed by atoms with van der Waals surface area (Å²) < 4.78 is 38.4. The molecule has 8 heteroatoms. The molecular weight excluding hydrogens is 326 g/mol. The fraction of sp³-hybridized carbons (Fsp3) is 0.533. The van der Waals surface area contributed by atoms with Crippen molar-refractivity contribution in [3.8, 4) is 0 Å². The zero-order chi connectivity index (χ0) is 17.6. The van der Waals surface area contributed by atoms with Crippen molar-refractivity contribution in [3.63, 3.8) is 0 Å². The molecule has 0 aliphatic rings. The summed E-state index contributed by atoms with van der Waals surface area (Å²) in [5.74, 6) is -1.46. The number of hydrogen-bond acceptors (Lipinski definition) is 3. The molecule has 0 spiro atoms. The molecule has 0 fully saturated rings. The maximum atomic E-state index is 13.5. The molecule has 5 nitrogen and oxygen atoms in total. The molecule has 1 aromatic rings. The Morgan fingerprint density at radius 1 is 1.26 bits per heavy atom. The second-order valence-corrected chi connectivity index (χ2v) is 8.27. The Balaban J connectivity index is 2.40. The minimum atomic E-state index is -1.49. The monoisotopic (exact) mass is 348 g/mol. The summed E-state index contributed by atoms with van der Waals surface area (Å²) in [6.45, 7) is 5.36. The van der Waals surface area contributed by atoms with Crippen molar-refractivity contribution in [1.29, 1.82) is 0 Å². The second kappa shape index (κ2) is 8.35. The number of rotatable bonds is 6. The topological polar surface area (TPSA) is 78.4 Å². The van der Waals surface area contributed by atoms with Gasteiger partial charge in [-0.2, -0.15) is 0 Å². The summed E-state index contributed by atoms with van der Waals surface area (Å²) in [7, 11) is -1.09. The SMILES string of the molecule is CC(C)(C)S(=O)CCNC(=O)NCC(O)c1c(F)cccc1F. The lowest BCUT2D eigenvalue weighted by atomic mass is 10.1. The van der Waals surface area contributed by atoms with E-state index in [1.54, 1.807) is 0 Å². The van der Waals surface area contributed by atoms with Crippen LogP contribution in [0.5, 0.6) is 0 Å². The van der Waals surface area contributed by atoms with Gasteiger partial charge in [0, 0.05) is 34.4 Å². The molecule has 0 aliphatic carbocycles. The molecule has 23 heavy (non-hydrogen) atoms. The lowest BCUT2D eigenvalue weighted by molar-refractivity contribution is 0.164. The number of nitrogens with one attached hydrogen (secondary N) is 2. The van der Waals surface area contributed by atoms with Gasteiger partial charge in [-0.05, 0) is 32.9 Å². The van der Waals surface area contributed by atoms with Crippen molar-refractivity contribution in [3.05, 3.63) is 35.4 Å². The van der Waals surface area contributed by atoms with E-state index in [0.29, 0.717) is 5.75 Å². The Kier molecular flexibility index (Phi) is 7.08. The van der Waals surface area contributed by atoms with Crippen LogP contribution in [0.15, 0.2) is 18.2 Å². The van der Waals surface area contributed by atoms with Crippen molar-refractivity contribution >= 4 is 16.8 Å². The van der Waals surface area contributed by atoms with E-state index in [2.05, 4.69) is 10.6 Å². The highest BCUT2D eigenvalue weighted by Gasteiger charge is 2.20. The Bertz CT molecular complexity index is 556. The van der Waals surface area contributed by atoms with Crippen LogP contribution in [0.3, 0.4) is 0 Å². The van der Waals surface area contributed by atoms with Crippen molar-refractivity contribution in [2.45, 2.75) is 31.6 Å². The molecule has 0 aromatic heterocycles. The smallest absolute Gasteiger partial charge is 0.314 e. The molecule has 2 amide bonds. The van der Waals surface area contributed by atoms with Crippen molar-refractivity contribution < 1.29 is 22.9 Å². The molecular formula is C15H22F2N2O3S. The maximum Gasteiger partial charge on any atom is 0.314 e. The molecule has 0 saturated heterocycles. The van der Waals surface area contributed by atoms with Gasteiger partial charge in [0.15, 0.2) is 0 Å². The van der Waals surface area contributed by atoms with Gasteiger partial charge in [0.2, 0.25) is 0 Å². The Labute approximate surface area is 136 Å². The van der Waals surface area contributed by atoms with Gasteiger partial charge >= 0.3 is 6.03 Å². The summed E-state index contributed by atoms with van der Waals surface area (Å²) in [4.78, 5) is 11.6. The fourth-order valence-corrected chi connectivity index (χ4v) is 2.65. The summed E-state index contributed by atoms with van der Waals surface area (Å²) in [6.07, 6.45) is -1.49. The molecule has 0 radical (unpaired) electrons. The molecule has 130 valence electrons. The standard InChI is InChI=1S/C15H22F2N2O3S/c1-15(2,3)23(22)8-7-18-14(21)19-9-12(20)13-10(16)5-4-6-11(13)17/h4-6,12,20H,7-9H2,1-3H3,(H2,18,19,21). The number of urea groups is 1. The van der Waals surface area contributed by atoms with E-state index < -0.39 is 40.1 Å². The number of amides is 2. The lowest BCUT2D eigenvalue weighted by Crippen LogP contribution is -2.40. The van der Waals surface area contributed by atoms with Crippen LogP contribution in [-0.4, -0.2) is 38.9 Å². The van der Waals surface area contributed by atoms with E-state index in [1.165, 1.54) is 6.07 Å². The highest BCUT2D eigenvalue weighted by molar-refractivity contribution is 7.86. The normalized spacial score (nSPS) is 14.2. The van der Waals surface area contributed by atoms with E-state index in [-0.39, 0.29) is 17.8 Å². The number of halogens is 2. The van der Waals surface area contributed by atoms with E-state index in [0.717, 1.165) is 12.1 Å². The zero-order valence-electron chi connectivity index (χ0n) is 13.4. The van der Waals surface area contributed by atoms with Crippen molar-refractivity contribution in [2.24, 2.45) is 0 Å². The van der Waals surface area contributed by atoms with Gasteiger partial charge in [-0.25, -0.2) is 13.6 Å². The van der Waals surface area contributed by atoms with Crippen LogP contribution in [0.25, 0.3) is 0 Å². The number of aliphatic hydroxyl groups excluding tert-OH is 1. The molecule has 0 heterocycles. The molecule has 1 aromatic carbocycles. The van der Waals surface area contributed by atoms with Gasteiger partial charge in [-0.1, -0.05) is 6.07 Å². The molecule has 1 rings (SSSR count). The van der Waals surface area contributed by atoms with Crippen LogP contribution in [0.2, 0.25) is 0 Å². The zero-order valence-corrected chi connectivity index (χ0v) is 14.2. The van der Waals surface area contributed by atoms with Crippen LogP contribution in [0, 0.1) is 11.6 Å². The first-order chi connectivity index (χ1) is 10.6. The van der Waals surface area contributed by atoms with Gasteiger partial charge < -0.3 is 15.7 Å². The van der Waals surface area contributed by atoms with E-state index in [4.69, 9.17) is 0 Å². The number of hydrogen-bond donors (Lipinski definition) is 3. The van der Waals surface area contributed by atoms with Crippen LogP contribution < -0.4 is 10.6 Å². The minimum absolute atomic E-state index is 0.194. The van der Waals surface area contributed by atoms with Crippen LogP contribution >= 0.6 is 0 Å². The number of benzene rings is 1. The third-order valence-electron chi connectivity index (χ3n) is 3.04. The van der Waals surface area contributed by atoms with Gasteiger partial charge in [0.05, 0.1) is 5.56 Å². The largest absolute Gasteiger partial charge is 0.386 e. The Hall–Kier alpha value is -1.54. The van der Waals surface area contributed by atoms with Gasteiger partial charge in [-0.3, -0.25) is 4.21 Å². The van der Waals surface area contributed by atoms with E-state index in [1.807, 2.05) is 20.8 Å². The number of carbonyl (C=O) groups is 1. The van der Waals surface area contributed by atoms with Gasteiger partial charge in [0.1, 0.15) is 17.7 Å². The Morgan fingerprint density at radius 3 is 2.35 bits per heavy atom. The maximum absolute atomic E-state index is 13.5. The highest BCUT2D eigenvalue weighted by Crippen LogP contribution is 2.19. The highest BCUT2D eigenvalue weighted by atomic mass is 32.2. The van der Waals surface area contributed by atoms with E-state index in [9.17, 15) is 22.9 Å². The first kappa shape index (κ1) is 19.5. The average molecular weight is 348 g/mol. The summed E-state index contributed by atoms with van der Waals surface area (Å²) in [5, 5.41) is 14.6. The van der Waals surface area contributed by atoms with Crippen LogP contribution in [0.4, 0.5) is 13.6 Å². The van der Waals surface area contributed by atoms with Crippen LogP contribution in [0.1, 0.15) is 32.4 Å². The Morgan fingerprint density at radius 2 is 1.83 bits per heavy atom. The summed E-state index contributed by atoms with van der Waals surface area (Å²) in [5.41, 5.74) is -0.485. The van der Waals surface area contributed by atoms with Gasteiger partial charge in [-0.15, -0.1) is 0 Å². The van der Waals surface area contributed by atoms with Crippen molar-refractivity contribution in [1.82, 2.24) is 10.6 Å². The van der Waals surface area contributed by atoms with Crippen molar-refractivity contribution in [2.75, 3.05) is 18.8 Å². The molecule has 0 bridgehead atoms. The lowest BCUT2D eigenvalue weighted by Gasteiger charge is -2.18. The fourth-order valence-electron chi connectivity index (χ4n) is 1.75. The average Bonchev–Trinajstić information content (AvgIpc) is 2.43. The quantitative estimate of drug-likeness (QED) is 0.734. The van der Waals surface area contributed by atoms with Gasteiger partial charge in [0.25, 0.3) is 0 Å². The summed E-state index contributed by atoms with van der Waals surface area (Å²) >= 11 is 0. The molecule has 0 saturated carbocycles. The van der Waals surface area contributed by atoms with Crippen LogP contribution in [-0.2, 0) is 10.8 Å². The second-order valence-electron chi connectivity index (χ2n) is 5.95. The number of carbonyl (C=O) groups excluding carboxylic acids is 1. The van der Waals surface area contributed by atoms with E-state index >= 15 is 0 Å². The molecule has 3 N–H and O–H groups in total. The molecule has 0 aliphatic heterocycles. The predicted molar refractivity (Wildman–Crippen MR) is 85.5 cm³/mol. The first-order valence-electron chi connectivity index (χ1n) is 7.15. The summed E-state index contributed by atoms with van der Waals surface area (Å²) in [6, 6.07) is 2.65. The third-order valence-corrected chi connectivity index (χ3v) is 4.99. The third kappa shape index (κ3) is 6.23. The minimum Gasteiger partial charge on any atom is -0.386 e.